The molecule has 0 radical (unpaired) electrons. The van der Waals surface area contributed by atoms with Crippen LogP contribution in [0.25, 0.3) is 0 Å². The first-order valence-corrected chi connectivity index (χ1v) is 9.97. The Labute approximate surface area is 180 Å². The summed E-state index contributed by atoms with van der Waals surface area (Å²) >= 11 is 0. The van der Waals surface area contributed by atoms with Crippen molar-refractivity contribution in [3.63, 3.8) is 0 Å². The van der Waals surface area contributed by atoms with E-state index in [1.54, 1.807) is 35.3 Å². The van der Waals surface area contributed by atoms with Crippen LogP contribution in [0.5, 0.6) is 5.75 Å². The van der Waals surface area contributed by atoms with Gasteiger partial charge in [-0.25, -0.2) is 14.7 Å². The van der Waals surface area contributed by atoms with Gasteiger partial charge in [0, 0.05) is 20.1 Å². The van der Waals surface area contributed by atoms with E-state index in [9.17, 15) is 8.78 Å². The summed E-state index contributed by atoms with van der Waals surface area (Å²) in [5, 5.41) is 7.43. The Balaban J connectivity index is 1.64. The predicted octanol–water partition coefficient (Wildman–Crippen LogP) is 3.53. The highest BCUT2D eigenvalue weighted by atomic mass is 19.3. The number of benzene rings is 2. The van der Waals surface area contributed by atoms with E-state index in [1.807, 2.05) is 37.1 Å². The summed E-state index contributed by atoms with van der Waals surface area (Å²) < 4.78 is 30.8. The molecule has 0 saturated carbocycles. The van der Waals surface area contributed by atoms with Crippen LogP contribution in [-0.4, -0.2) is 45.8 Å². The Morgan fingerprint density at radius 2 is 1.94 bits per heavy atom. The van der Waals surface area contributed by atoms with Crippen LogP contribution in [0, 0.1) is 0 Å². The van der Waals surface area contributed by atoms with Crippen LogP contribution in [-0.2, 0) is 19.6 Å². The molecule has 0 unspecified atom stereocenters. The van der Waals surface area contributed by atoms with Gasteiger partial charge in [-0.05, 0) is 35.7 Å². The molecule has 1 N–H and O–H groups in total. The molecule has 31 heavy (non-hydrogen) atoms. The molecule has 0 saturated heterocycles. The van der Waals surface area contributed by atoms with Crippen molar-refractivity contribution in [1.82, 2.24) is 25.0 Å². The fourth-order valence-electron chi connectivity index (χ4n) is 3.09. The van der Waals surface area contributed by atoms with Gasteiger partial charge < -0.3 is 15.0 Å². The number of aromatic nitrogens is 3. The van der Waals surface area contributed by atoms with Crippen molar-refractivity contribution >= 4 is 5.96 Å². The lowest BCUT2D eigenvalue weighted by Crippen LogP contribution is -2.38. The Bertz CT molecular complexity index is 960. The molecule has 0 spiro atoms. The second-order valence-electron chi connectivity index (χ2n) is 6.96. The van der Waals surface area contributed by atoms with Crippen LogP contribution in [0.1, 0.15) is 23.6 Å². The molecule has 164 valence electrons. The van der Waals surface area contributed by atoms with Crippen LogP contribution in [0.15, 0.2) is 66.2 Å². The van der Waals surface area contributed by atoms with Gasteiger partial charge in [0.1, 0.15) is 18.4 Å². The predicted molar refractivity (Wildman–Crippen MR) is 115 cm³/mol. The van der Waals surface area contributed by atoms with Crippen molar-refractivity contribution < 1.29 is 13.5 Å². The first-order valence-electron chi connectivity index (χ1n) is 9.97. The van der Waals surface area contributed by atoms with E-state index >= 15 is 0 Å². The van der Waals surface area contributed by atoms with Gasteiger partial charge in [-0.3, -0.25) is 0 Å². The number of nitrogens with zero attached hydrogens (tertiary/aromatic N) is 5. The summed E-state index contributed by atoms with van der Waals surface area (Å²) in [4.78, 5) is 10.7. The van der Waals surface area contributed by atoms with Crippen LogP contribution < -0.4 is 10.1 Å². The van der Waals surface area contributed by atoms with Crippen LogP contribution in [0.2, 0.25) is 0 Å². The van der Waals surface area contributed by atoms with Gasteiger partial charge in [-0.2, -0.15) is 13.9 Å². The number of rotatable bonds is 9. The van der Waals surface area contributed by atoms with Gasteiger partial charge >= 0.3 is 6.61 Å². The number of ether oxygens (including phenoxy) is 1. The second-order valence-corrected chi connectivity index (χ2v) is 6.96. The smallest absolute Gasteiger partial charge is 0.387 e. The molecule has 3 rings (SSSR count). The van der Waals surface area contributed by atoms with Gasteiger partial charge in [0.05, 0.1) is 13.1 Å². The zero-order valence-corrected chi connectivity index (χ0v) is 17.6. The van der Waals surface area contributed by atoms with Gasteiger partial charge in [-0.1, -0.05) is 36.4 Å². The van der Waals surface area contributed by atoms with Crippen LogP contribution in [0.4, 0.5) is 8.78 Å². The third-order valence-electron chi connectivity index (χ3n) is 4.48. The van der Waals surface area contributed by atoms with Crippen molar-refractivity contribution in [3.05, 3.63) is 77.9 Å². The summed E-state index contributed by atoms with van der Waals surface area (Å²) in [6.07, 6.45) is 3.21. The lowest BCUT2D eigenvalue weighted by atomic mass is 10.1. The number of hydrogen-bond donors (Lipinski definition) is 1. The highest BCUT2D eigenvalue weighted by molar-refractivity contribution is 5.79. The molecule has 3 aromatic rings. The molecule has 0 atom stereocenters. The SMILES string of the molecule is CCNC(=NCc1cccc(Cn2cncn2)c1)N(C)Cc1ccc(OC(F)F)cc1. The van der Waals surface area contributed by atoms with E-state index in [-0.39, 0.29) is 5.75 Å². The van der Waals surface area contributed by atoms with Gasteiger partial charge in [-0.15, -0.1) is 0 Å². The highest BCUT2D eigenvalue weighted by Gasteiger charge is 2.08. The second kappa shape index (κ2) is 11.1. The molecule has 0 amide bonds. The number of alkyl halides is 2. The number of aliphatic imine (C=N–C) groups is 1. The van der Waals surface area contributed by atoms with Gasteiger partial charge in [0.2, 0.25) is 0 Å². The molecule has 2 aromatic carbocycles. The minimum atomic E-state index is -2.82. The molecule has 0 aliphatic heterocycles. The summed E-state index contributed by atoms with van der Waals surface area (Å²) in [7, 11) is 1.94. The van der Waals surface area contributed by atoms with Crippen LogP contribution >= 0.6 is 0 Å². The highest BCUT2D eigenvalue weighted by Crippen LogP contribution is 2.16. The topological polar surface area (TPSA) is 67.6 Å². The maximum absolute atomic E-state index is 12.3. The lowest BCUT2D eigenvalue weighted by Gasteiger charge is -2.22. The lowest BCUT2D eigenvalue weighted by molar-refractivity contribution is -0.0498. The molecular formula is C22H26F2N6O. The Morgan fingerprint density at radius 1 is 1.16 bits per heavy atom. The first kappa shape index (κ1) is 22.2. The number of halogens is 2. The van der Waals surface area contributed by atoms with Gasteiger partial charge in [0.25, 0.3) is 0 Å². The summed E-state index contributed by atoms with van der Waals surface area (Å²) in [5.74, 6) is 0.907. The number of nitrogens with one attached hydrogen (secondary N) is 1. The molecule has 0 fully saturated rings. The fourth-order valence-corrected chi connectivity index (χ4v) is 3.09. The largest absolute Gasteiger partial charge is 0.435 e. The molecule has 1 heterocycles. The summed E-state index contributed by atoms with van der Waals surface area (Å²) in [6.45, 7) is 1.68. The Hall–Kier alpha value is -3.49. The van der Waals surface area contributed by atoms with E-state index in [0.717, 1.165) is 29.2 Å². The molecule has 0 aliphatic rings. The molecule has 7 nitrogen and oxygen atoms in total. The molecule has 9 heteroatoms. The van der Waals surface area contributed by atoms with E-state index < -0.39 is 6.61 Å². The zero-order valence-electron chi connectivity index (χ0n) is 17.6. The number of guanidine groups is 1. The van der Waals surface area contributed by atoms with Gasteiger partial charge in [0.15, 0.2) is 5.96 Å². The zero-order chi connectivity index (χ0) is 22.1. The molecule has 0 bridgehead atoms. The summed E-state index contributed by atoms with van der Waals surface area (Å²) in [5.41, 5.74) is 3.18. The van der Waals surface area contributed by atoms with E-state index in [4.69, 9.17) is 4.99 Å². The van der Waals surface area contributed by atoms with E-state index in [0.29, 0.717) is 19.6 Å². The monoisotopic (exact) mass is 428 g/mol. The van der Waals surface area contributed by atoms with Crippen molar-refractivity contribution in [2.45, 2.75) is 33.2 Å². The number of hydrogen-bond acceptors (Lipinski definition) is 4. The van der Waals surface area contributed by atoms with Crippen molar-refractivity contribution in [3.8, 4) is 5.75 Å². The standard InChI is InChI=1S/C22H26F2N6O/c1-3-26-22(29(2)13-17-7-9-20(10-8-17)31-21(23)24)27-12-18-5-4-6-19(11-18)14-30-16-25-15-28-30/h4-11,15-16,21H,3,12-14H2,1-2H3,(H,26,27). The maximum atomic E-state index is 12.3. The van der Waals surface area contributed by atoms with Crippen molar-refractivity contribution in [2.24, 2.45) is 4.99 Å². The summed E-state index contributed by atoms with van der Waals surface area (Å²) in [6, 6.07) is 14.8. The third-order valence-corrected chi connectivity index (χ3v) is 4.48. The quantitative estimate of drug-likeness (QED) is 0.417. The normalized spacial score (nSPS) is 11.6. The van der Waals surface area contributed by atoms with Crippen LogP contribution in [0.3, 0.4) is 0 Å². The average molecular weight is 428 g/mol. The molecular weight excluding hydrogens is 402 g/mol. The van der Waals surface area contributed by atoms with E-state index in [1.165, 1.54) is 6.33 Å². The third kappa shape index (κ3) is 7.06. The van der Waals surface area contributed by atoms with Crippen molar-refractivity contribution in [2.75, 3.05) is 13.6 Å². The minimum absolute atomic E-state index is 0.146. The van der Waals surface area contributed by atoms with Crippen molar-refractivity contribution in [1.29, 1.82) is 0 Å². The fraction of sp³-hybridized carbons (Fsp3) is 0.318. The Morgan fingerprint density at radius 3 is 2.61 bits per heavy atom. The maximum Gasteiger partial charge on any atom is 0.387 e. The Kier molecular flexibility index (Phi) is 7.91. The minimum Gasteiger partial charge on any atom is -0.435 e. The average Bonchev–Trinajstić information content (AvgIpc) is 3.25. The van der Waals surface area contributed by atoms with E-state index in [2.05, 4.69) is 26.2 Å². The first-order chi connectivity index (χ1) is 15.0. The molecule has 0 aliphatic carbocycles. The molecule has 1 aromatic heterocycles.